The van der Waals surface area contributed by atoms with Crippen LogP contribution < -0.4 is 0 Å². The zero-order chi connectivity index (χ0) is 10.2. The molecule has 0 atom stereocenters. The normalized spacial score (nSPS) is 10.8. The molecular weight excluding hydrogens is 180 g/mol. The number of carboxylic acid groups (broad SMARTS) is 1. The number of nitrogens with zero attached hydrogens (tertiary/aromatic N) is 1. The topological polar surface area (TPSA) is 42.2 Å². The van der Waals surface area contributed by atoms with Gasteiger partial charge in [0, 0.05) is 12.7 Å². The smallest absolute Gasteiger partial charge is 0.337 e. The van der Waals surface area contributed by atoms with Crippen molar-refractivity contribution in [2.24, 2.45) is 7.05 Å². The van der Waals surface area contributed by atoms with E-state index in [1.165, 1.54) is 18.5 Å². The summed E-state index contributed by atoms with van der Waals surface area (Å²) in [5, 5.41) is 8.63. The molecule has 3 nitrogen and oxygen atoms in total. The molecule has 0 bridgehead atoms. The summed E-state index contributed by atoms with van der Waals surface area (Å²) in [7, 11) is 1.42. The van der Waals surface area contributed by atoms with Crippen LogP contribution in [-0.2, 0) is 7.05 Å². The maximum atomic E-state index is 12.3. The van der Waals surface area contributed by atoms with Gasteiger partial charge in [-0.25, -0.2) is 13.6 Å². The van der Waals surface area contributed by atoms with Gasteiger partial charge in [-0.1, -0.05) is 0 Å². The second kappa shape index (κ2) is 3.16. The number of carbonyl (C=O) groups is 1. The minimum absolute atomic E-state index is 0.0715. The molecule has 1 N–H and O–H groups in total. The van der Waals surface area contributed by atoms with Gasteiger partial charge in [-0.3, -0.25) is 0 Å². The standard InChI is InChI=1S/C8H9F2NO2/c1-4-5(8(12)13)3-6(7(9)10)11(4)2/h3,7H,1-2H3,(H,12,13). The van der Waals surface area contributed by atoms with Gasteiger partial charge in [-0.15, -0.1) is 0 Å². The molecular formula is C8H9F2NO2. The van der Waals surface area contributed by atoms with Gasteiger partial charge >= 0.3 is 5.97 Å². The molecule has 0 fully saturated rings. The van der Waals surface area contributed by atoms with Gasteiger partial charge in [-0.05, 0) is 13.0 Å². The van der Waals surface area contributed by atoms with Crippen molar-refractivity contribution in [1.82, 2.24) is 4.57 Å². The Morgan fingerprint density at radius 2 is 2.15 bits per heavy atom. The van der Waals surface area contributed by atoms with Gasteiger partial charge < -0.3 is 9.67 Å². The fourth-order valence-electron chi connectivity index (χ4n) is 1.15. The summed E-state index contributed by atoms with van der Waals surface area (Å²) in [5.41, 5.74) is -0.00417. The van der Waals surface area contributed by atoms with Crippen molar-refractivity contribution in [3.8, 4) is 0 Å². The molecule has 0 amide bonds. The van der Waals surface area contributed by atoms with Gasteiger partial charge in [0.25, 0.3) is 6.43 Å². The molecule has 0 unspecified atom stereocenters. The lowest BCUT2D eigenvalue weighted by molar-refractivity contribution is 0.0696. The first kappa shape index (κ1) is 9.70. The van der Waals surface area contributed by atoms with Crippen molar-refractivity contribution >= 4 is 5.97 Å². The molecule has 0 aliphatic heterocycles. The Bertz CT molecular complexity index is 344. The highest BCUT2D eigenvalue weighted by Gasteiger charge is 2.19. The molecule has 0 saturated heterocycles. The molecule has 72 valence electrons. The fraction of sp³-hybridized carbons (Fsp3) is 0.375. The largest absolute Gasteiger partial charge is 0.478 e. The molecule has 1 rings (SSSR count). The number of hydrogen-bond acceptors (Lipinski definition) is 1. The zero-order valence-electron chi connectivity index (χ0n) is 7.21. The summed E-state index contributed by atoms with van der Waals surface area (Å²) in [6.07, 6.45) is -2.64. The van der Waals surface area contributed by atoms with Crippen molar-refractivity contribution in [3.05, 3.63) is 23.0 Å². The maximum Gasteiger partial charge on any atom is 0.337 e. The molecule has 0 aliphatic carbocycles. The van der Waals surface area contributed by atoms with Crippen LogP contribution in [0, 0.1) is 6.92 Å². The molecule has 0 aromatic carbocycles. The van der Waals surface area contributed by atoms with Crippen LogP contribution in [0.25, 0.3) is 0 Å². The third-order valence-corrected chi connectivity index (χ3v) is 2.03. The van der Waals surface area contributed by atoms with Gasteiger partial charge in [0.15, 0.2) is 0 Å². The lowest BCUT2D eigenvalue weighted by atomic mass is 10.2. The van der Waals surface area contributed by atoms with Crippen LogP contribution in [0.2, 0.25) is 0 Å². The van der Waals surface area contributed by atoms with Crippen LogP contribution >= 0.6 is 0 Å². The second-order valence-corrected chi connectivity index (χ2v) is 2.73. The molecule has 0 radical (unpaired) electrons. The first-order valence-corrected chi connectivity index (χ1v) is 3.62. The highest BCUT2D eigenvalue weighted by molar-refractivity contribution is 5.89. The SMILES string of the molecule is Cc1c(C(=O)O)cc(C(F)F)n1C. The molecule has 1 aromatic rings. The summed E-state index contributed by atoms with van der Waals surface area (Å²) in [6, 6.07) is 1.00. The van der Waals surface area contributed by atoms with Crippen LogP contribution in [0.15, 0.2) is 6.07 Å². The monoisotopic (exact) mass is 189 g/mol. The van der Waals surface area contributed by atoms with E-state index in [0.29, 0.717) is 5.69 Å². The molecule has 0 saturated carbocycles. The number of halogens is 2. The highest BCUT2D eigenvalue weighted by atomic mass is 19.3. The lowest BCUT2D eigenvalue weighted by Crippen LogP contribution is -2.00. The third kappa shape index (κ3) is 1.54. The molecule has 1 heterocycles. The van der Waals surface area contributed by atoms with E-state index in [0.717, 1.165) is 6.07 Å². The Morgan fingerprint density at radius 3 is 2.38 bits per heavy atom. The fourth-order valence-corrected chi connectivity index (χ4v) is 1.15. The Balaban J connectivity index is 3.28. The first-order valence-electron chi connectivity index (χ1n) is 3.62. The minimum Gasteiger partial charge on any atom is -0.478 e. The highest BCUT2D eigenvalue weighted by Crippen LogP contribution is 2.23. The molecule has 13 heavy (non-hydrogen) atoms. The molecule has 1 aromatic heterocycles. The Hall–Kier alpha value is -1.39. The number of hydrogen-bond donors (Lipinski definition) is 1. The maximum absolute atomic E-state index is 12.3. The molecule has 5 heteroatoms. The van der Waals surface area contributed by atoms with E-state index in [9.17, 15) is 13.6 Å². The lowest BCUT2D eigenvalue weighted by Gasteiger charge is -2.02. The van der Waals surface area contributed by atoms with E-state index >= 15 is 0 Å². The molecule has 0 spiro atoms. The van der Waals surface area contributed by atoms with Gasteiger partial charge in [0.05, 0.1) is 11.3 Å². The van der Waals surface area contributed by atoms with E-state index in [4.69, 9.17) is 5.11 Å². The van der Waals surface area contributed by atoms with E-state index in [2.05, 4.69) is 0 Å². The number of carboxylic acids is 1. The van der Waals surface area contributed by atoms with Crippen LogP contribution in [-0.4, -0.2) is 15.6 Å². The van der Waals surface area contributed by atoms with Crippen molar-refractivity contribution in [2.45, 2.75) is 13.3 Å². The van der Waals surface area contributed by atoms with Crippen LogP contribution in [0.3, 0.4) is 0 Å². The third-order valence-electron chi connectivity index (χ3n) is 2.03. The average Bonchev–Trinajstić information content (AvgIpc) is 2.29. The summed E-state index contributed by atoms with van der Waals surface area (Å²) in [6.45, 7) is 1.50. The van der Waals surface area contributed by atoms with Crippen LogP contribution in [0.4, 0.5) is 8.78 Å². The van der Waals surface area contributed by atoms with E-state index in [1.807, 2.05) is 0 Å². The first-order chi connectivity index (χ1) is 5.95. The van der Waals surface area contributed by atoms with Crippen LogP contribution in [0.1, 0.15) is 28.2 Å². The van der Waals surface area contributed by atoms with Crippen LogP contribution in [0.5, 0.6) is 0 Å². The number of alkyl halides is 2. The van der Waals surface area contributed by atoms with Crippen molar-refractivity contribution < 1.29 is 18.7 Å². The summed E-state index contributed by atoms with van der Waals surface area (Å²) >= 11 is 0. The summed E-state index contributed by atoms with van der Waals surface area (Å²) < 4.78 is 25.7. The zero-order valence-corrected chi connectivity index (χ0v) is 7.21. The van der Waals surface area contributed by atoms with Gasteiger partial charge in [0.1, 0.15) is 0 Å². The van der Waals surface area contributed by atoms with E-state index < -0.39 is 12.4 Å². The Labute approximate surface area is 73.6 Å². The second-order valence-electron chi connectivity index (χ2n) is 2.73. The van der Waals surface area contributed by atoms with Crippen molar-refractivity contribution in [1.29, 1.82) is 0 Å². The predicted molar refractivity (Wildman–Crippen MR) is 42.1 cm³/mol. The Kier molecular flexibility index (Phi) is 2.36. The van der Waals surface area contributed by atoms with E-state index in [1.54, 1.807) is 0 Å². The summed E-state index contributed by atoms with van der Waals surface area (Å²) in [4.78, 5) is 10.6. The van der Waals surface area contributed by atoms with Gasteiger partial charge in [0.2, 0.25) is 0 Å². The summed E-state index contributed by atoms with van der Waals surface area (Å²) in [5.74, 6) is -1.18. The van der Waals surface area contributed by atoms with E-state index in [-0.39, 0.29) is 11.3 Å². The van der Waals surface area contributed by atoms with Gasteiger partial charge in [-0.2, -0.15) is 0 Å². The quantitative estimate of drug-likeness (QED) is 0.772. The number of aromatic nitrogens is 1. The van der Waals surface area contributed by atoms with Crippen molar-refractivity contribution in [3.63, 3.8) is 0 Å². The number of rotatable bonds is 2. The average molecular weight is 189 g/mol. The number of aromatic carboxylic acids is 1. The minimum atomic E-state index is -2.64. The van der Waals surface area contributed by atoms with Crippen molar-refractivity contribution in [2.75, 3.05) is 0 Å². The predicted octanol–water partition coefficient (Wildman–Crippen LogP) is 1.97. The Morgan fingerprint density at radius 1 is 1.62 bits per heavy atom. The molecule has 0 aliphatic rings.